The van der Waals surface area contributed by atoms with Crippen LogP contribution in [0.4, 0.5) is 5.82 Å². The number of fused-ring (bicyclic) bond motifs is 1. The fourth-order valence-corrected chi connectivity index (χ4v) is 4.42. The van der Waals surface area contributed by atoms with Crippen LogP contribution in [0.1, 0.15) is 47.8 Å². The number of carbonyl (C=O) groups is 2. The number of anilines is 1. The van der Waals surface area contributed by atoms with Crippen molar-refractivity contribution in [1.29, 1.82) is 0 Å². The second-order valence-corrected chi connectivity index (χ2v) is 8.40. The summed E-state index contributed by atoms with van der Waals surface area (Å²) in [6.45, 7) is 4.19. The van der Waals surface area contributed by atoms with E-state index in [1.54, 1.807) is 19.1 Å². The summed E-state index contributed by atoms with van der Waals surface area (Å²) in [5.74, 6) is 2.41. The Morgan fingerprint density at radius 2 is 1.97 bits per heavy atom. The number of rotatable bonds is 7. The van der Waals surface area contributed by atoms with Gasteiger partial charge in [0.15, 0.2) is 0 Å². The Morgan fingerprint density at radius 1 is 1.19 bits per heavy atom. The van der Waals surface area contributed by atoms with Gasteiger partial charge >= 0.3 is 0 Å². The number of amides is 2. The first kappa shape index (κ1) is 22.2. The lowest BCUT2D eigenvalue weighted by atomic mass is 9.96. The van der Waals surface area contributed by atoms with Crippen LogP contribution in [0.15, 0.2) is 24.3 Å². The van der Waals surface area contributed by atoms with Gasteiger partial charge in [-0.1, -0.05) is 12.1 Å². The van der Waals surface area contributed by atoms with Gasteiger partial charge in [-0.3, -0.25) is 14.5 Å². The summed E-state index contributed by atoms with van der Waals surface area (Å²) < 4.78 is 10.3. The number of hydrogen-bond donors (Lipinski definition) is 0. The number of methoxy groups -OCH3 is 2. The van der Waals surface area contributed by atoms with E-state index in [2.05, 4.69) is 0 Å². The molecule has 3 heterocycles. The number of piperidine rings is 1. The van der Waals surface area contributed by atoms with Gasteiger partial charge in [-0.05, 0) is 37.5 Å². The largest absolute Gasteiger partial charge is 0.497 e. The van der Waals surface area contributed by atoms with Crippen molar-refractivity contribution in [2.75, 3.05) is 38.8 Å². The summed E-state index contributed by atoms with van der Waals surface area (Å²) in [4.78, 5) is 38.5. The van der Waals surface area contributed by atoms with Gasteiger partial charge in [0.2, 0.25) is 11.8 Å². The molecule has 2 aliphatic rings. The summed E-state index contributed by atoms with van der Waals surface area (Å²) in [5.41, 5.74) is 2.76. The number of ether oxygens (including phenoxy) is 2. The molecule has 0 saturated carbocycles. The van der Waals surface area contributed by atoms with E-state index in [1.807, 2.05) is 36.1 Å². The molecule has 170 valence electrons. The Hall–Kier alpha value is -3.00. The first-order valence-electron chi connectivity index (χ1n) is 11.1. The molecule has 0 radical (unpaired) electrons. The Labute approximate surface area is 188 Å². The maximum Gasteiger partial charge on any atom is 0.233 e. The first-order chi connectivity index (χ1) is 15.5. The lowest BCUT2D eigenvalue weighted by molar-refractivity contribution is -0.133. The summed E-state index contributed by atoms with van der Waals surface area (Å²) in [7, 11) is 3.24. The number of nitrogens with zero attached hydrogens (tertiary/aromatic N) is 4. The van der Waals surface area contributed by atoms with E-state index >= 15 is 0 Å². The second kappa shape index (κ2) is 9.65. The molecule has 1 fully saturated rings. The quantitative estimate of drug-likeness (QED) is 0.661. The molecular formula is C24H30N4O4. The maximum atomic E-state index is 12.8. The van der Waals surface area contributed by atoms with Gasteiger partial charge in [-0.2, -0.15) is 0 Å². The SMILES string of the molecule is COCCC(=O)N1CCC[C@@H](c2nc(C)c3c(n2)N(Cc2ccc(OC)cc2)C(=O)C3)C1. The lowest BCUT2D eigenvalue weighted by Crippen LogP contribution is -2.40. The maximum absolute atomic E-state index is 12.8. The molecule has 0 spiro atoms. The van der Waals surface area contributed by atoms with Crippen molar-refractivity contribution in [2.24, 2.45) is 0 Å². The molecule has 1 atom stereocenters. The number of carbonyl (C=O) groups excluding carboxylic acids is 2. The molecule has 2 amide bonds. The normalized spacial score (nSPS) is 18.1. The lowest BCUT2D eigenvalue weighted by Gasteiger charge is -2.32. The summed E-state index contributed by atoms with van der Waals surface area (Å²) in [5, 5.41) is 0. The predicted octanol–water partition coefficient (Wildman–Crippen LogP) is 2.63. The molecule has 8 nitrogen and oxygen atoms in total. The smallest absolute Gasteiger partial charge is 0.233 e. The third-order valence-corrected chi connectivity index (χ3v) is 6.25. The highest BCUT2D eigenvalue weighted by atomic mass is 16.5. The molecule has 8 heteroatoms. The average molecular weight is 439 g/mol. The highest BCUT2D eigenvalue weighted by molar-refractivity contribution is 6.00. The van der Waals surface area contributed by atoms with Crippen molar-refractivity contribution in [3.05, 3.63) is 46.9 Å². The Balaban J connectivity index is 1.55. The van der Waals surface area contributed by atoms with Crippen molar-refractivity contribution in [3.63, 3.8) is 0 Å². The second-order valence-electron chi connectivity index (χ2n) is 8.40. The fourth-order valence-electron chi connectivity index (χ4n) is 4.42. The Morgan fingerprint density at radius 3 is 2.69 bits per heavy atom. The molecule has 0 unspecified atom stereocenters. The molecule has 0 aliphatic carbocycles. The van der Waals surface area contributed by atoms with Crippen LogP contribution >= 0.6 is 0 Å². The van der Waals surface area contributed by atoms with E-state index in [1.165, 1.54) is 0 Å². The van der Waals surface area contributed by atoms with Crippen molar-refractivity contribution in [3.8, 4) is 5.75 Å². The highest BCUT2D eigenvalue weighted by Crippen LogP contribution is 2.33. The summed E-state index contributed by atoms with van der Waals surface area (Å²) in [6.07, 6.45) is 2.55. The zero-order valence-electron chi connectivity index (χ0n) is 19.0. The number of benzene rings is 1. The van der Waals surface area contributed by atoms with Gasteiger partial charge in [-0.15, -0.1) is 0 Å². The van der Waals surface area contributed by atoms with E-state index in [4.69, 9.17) is 19.4 Å². The van der Waals surface area contributed by atoms with E-state index < -0.39 is 0 Å². The molecule has 32 heavy (non-hydrogen) atoms. The van der Waals surface area contributed by atoms with Crippen LogP contribution in [0.5, 0.6) is 5.75 Å². The van der Waals surface area contributed by atoms with E-state index in [0.717, 1.165) is 47.8 Å². The van der Waals surface area contributed by atoms with Gasteiger partial charge in [-0.25, -0.2) is 9.97 Å². The van der Waals surface area contributed by atoms with Crippen LogP contribution in [0, 0.1) is 6.92 Å². The highest BCUT2D eigenvalue weighted by Gasteiger charge is 2.34. The summed E-state index contributed by atoms with van der Waals surface area (Å²) >= 11 is 0. The Bertz CT molecular complexity index is 992. The van der Waals surface area contributed by atoms with Crippen molar-refractivity contribution >= 4 is 17.6 Å². The number of likely N-dealkylation sites (tertiary alicyclic amines) is 1. The molecule has 0 bridgehead atoms. The van der Waals surface area contributed by atoms with Gasteiger partial charge in [0.25, 0.3) is 0 Å². The standard InChI is InChI=1S/C24H30N4O4/c1-16-20-13-22(30)28(14-17-6-8-19(32-3)9-7-17)24(20)26-23(25-16)18-5-4-11-27(15-18)21(29)10-12-31-2/h6-9,18H,4-5,10-15H2,1-3H3/t18-/m1/s1. The van der Waals surface area contributed by atoms with Crippen LogP contribution in [-0.4, -0.2) is 60.6 Å². The van der Waals surface area contributed by atoms with Crippen molar-refractivity contribution in [1.82, 2.24) is 14.9 Å². The molecule has 1 aromatic carbocycles. The van der Waals surface area contributed by atoms with Gasteiger partial charge in [0, 0.05) is 37.4 Å². The van der Waals surface area contributed by atoms with Crippen molar-refractivity contribution < 1.29 is 19.1 Å². The molecule has 2 aliphatic heterocycles. The molecule has 4 rings (SSSR count). The molecule has 0 N–H and O–H groups in total. The monoisotopic (exact) mass is 438 g/mol. The predicted molar refractivity (Wildman–Crippen MR) is 120 cm³/mol. The number of aryl methyl sites for hydroxylation is 1. The zero-order chi connectivity index (χ0) is 22.7. The van der Waals surface area contributed by atoms with Crippen LogP contribution in [0.25, 0.3) is 0 Å². The number of hydrogen-bond acceptors (Lipinski definition) is 6. The minimum absolute atomic E-state index is 0.0328. The minimum Gasteiger partial charge on any atom is -0.497 e. The van der Waals surface area contributed by atoms with Gasteiger partial charge < -0.3 is 14.4 Å². The minimum atomic E-state index is 0.0328. The molecule has 2 aromatic rings. The van der Waals surface area contributed by atoms with Crippen LogP contribution in [0.3, 0.4) is 0 Å². The van der Waals surface area contributed by atoms with Gasteiger partial charge in [0.05, 0.1) is 33.1 Å². The third-order valence-electron chi connectivity index (χ3n) is 6.25. The number of aromatic nitrogens is 2. The van der Waals surface area contributed by atoms with Crippen LogP contribution < -0.4 is 9.64 Å². The van der Waals surface area contributed by atoms with Crippen LogP contribution in [-0.2, 0) is 27.3 Å². The molecular weight excluding hydrogens is 408 g/mol. The topological polar surface area (TPSA) is 84.9 Å². The molecule has 1 saturated heterocycles. The molecule has 1 aromatic heterocycles. The van der Waals surface area contributed by atoms with E-state index in [-0.39, 0.29) is 17.7 Å². The zero-order valence-corrected chi connectivity index (χ0v) is 19.0. The first-order valence-corrected chi connectivity index (χ1v) is 11.1. The van der Waals surface area contributed by atoms with E-state index in [0.29, 0.717) is 38.4 Å². The summed E-state index contributed by atoms with van der Waals surface area (Å²) in [6, 6.07) is 7.71. The average Bonchev–Trinajstić information content (AvgIpc) is 3.13. The van der Waals surface area contributed by atoms with Crippen LogP contribution in [0.2, 0.25) is 0 Å². The van der Waals surface area contributed by atoms with Gasteiger partial charge in [0.1, 0.15) is 17.4 Å². The van der Waals surface area contributed by atoms with Crippen molar-refractivity contribution in [2.45, 2.75) is 45.1 Å². The van der Waals surface area contributed by atoms with E-state index in [9.17, 15) is 9.59 Å². The fraction of sp³-hybridized carbons (Fsp3) is 0.500. The Kier molecular flexibility index (Phi) is 6.69. The third kappa shape index (κ3) is 4.60.